The third kappa shape index (κ3) is 5.11. The van der Waals surface area contributed by atoms with Crippen molar-refractivity contribution in [2.24, 2.45) is 0 Å². The number of carbonyl (C=O) groups is 2. The van der Waals surface area contributed by atoms with Crippen LogP contribution in [0.4, 0.5) is 13.2 Å². The number of amides is 2. The highest BCUT2D eigenvalue weighted by molar-refractivity contribution is 5.94. The molecule has 160 valence electrons. The fraction of sp³-hybridized carbons (Fsp3) is 0.364. The van der Waals surface area contributed by atoms with Gasteiger partial charge >= 0.3 is 0 Å². The molecule has 2 aromatic rings. The first-order valence-corrected chi connectivity index (χ1v) is 9.83. The molecule has 8 heteroatoms. The van der Waals surface area contributed by atoms with Crippen LogP contribution in [0.2, 0.25) is 0 Å². The van der Waals surface area contributed by atoms with Gasteiger partial charge in [0.05, 0.1) is 18.6 Å². The number of piperidine rings is 1. The highest BCUT2D eigenvalue weighted by atomic mass is 19.2. The lowest BCUT2D eigenvalue weighted by Crippen LogP contribution is -2.47. The molecule has 0 spiro atoms. The van der Waals surface area contributed by atoms with Gasteiger partial charge < -0.3 is 15.0 Å². The highest BCUT2D eigenvalue weighted by Gasteiger charge is 2.26. The zero-order valence-corrected chi connectivity index (χ0v) is 16.6. The molecule has 1 fully saturated rings. The van der Waals surface area contributed by atoms with Crippen molar-refractivity contribution in [1.82, 2.24) is 10.2 Å². The lowest BCUT2D eigenvalue weighted by molar-refractivity contribution is -0.131. The number of carbonyl (C=O) groups excluding carboxylic acids is 2. The van der Waals surface area contributed by atoms with Gasteiger partial charge in [0.2, 0.25) is 5.91 Å². The van der Waals surface area contributed by atoms with E-state index in [2.05, 4.69) is 5.32 Å². The van der Waals surface area contributed by atoms with Crippen LogP contribution >= 0.6 is 0 Å². The maximum Gasteiger partial charge on any atom is 0.254 e. The molecule has 0 aromatic heterocycles. The summed E-state index contributed by atoms with van der Waals surface area (Å²) in [5, 5.41) is 2.63. The molecule has 1 aliphatic heterocycles. The van der Waals surface area contributed by atoms with Crippen LogP contribution in [0.5, 0.6) is 5.75 Å². The van der Waals surface area contributed by atoms with Crippen molar-refractivity contribution in [3.63, 3.8) is 0 Å². The van der Waals surface area contributed by atoms with Gasteiger partial charge in [-0.3, -0.25) is 9.59 Å². The lowest BCUT2D eigenvalue weighted by Gasteiger charge is -2.32. The van der Waals surface area contributed by atoms with Crippen molar-refractivity contribution in [2.75, 3.05) is 19.7 Å². The molecule has 2 aromatic carbocycles. The zero-order valence-electron chi connectivity index (χ0n) is 16.6. The van der Waals surface area contributed by atoms with E-state index in [1.165, 1.54) is 0 Å². The summed E-state index contributed by atoms with van der Waals surface area (Å²) in [6.45, 7) is 3.37. The number of benzene rings is 2. The third-order valence-corrected chi connectivity index (χ3v) is 5.05. The molecule has 30 heavy (non-hydrogen) atoms. The molecule has 3 rings (SSSR count). The molecular formula is C22H23F3N2O3. The summed E-state index contributed by atoms with van der Waals surface area (Å²) in [5.41, 5.74) is 0.343. The van der Waals surface area contributed by atoms with Gasteiger partial charge in [0.1, 0.15) is 5.75 Å². The summed E-state index contributed by atoms with van der Waals surface area (Å²) in [6.07, 6.45) is 1.25. The van der Waals surface area contributed by atoms with Crippen molar-refractivity contribution in [3.05, 3.63) is 65.0 Å². The summed E-state index contributed by atoms with van der Waals surface area (Å²) < 4.78 is 45.5. The number of halogens is 3. The van der Waals surface area contributed by atoms with E-state index in [1.54, 1.807) is 4.90 Å². The Balaban J connectivity index is 1.50. The largest absolute Gasteiger partial charge is 0.494 e. The van der Waals surface area contributed by atoms with E-state index in [-0.39, 0.29) is 18.4 Å². The van der Waals surface area contributed by atoms with Gasteiger partial charge in [-0.05, 0) is 49.6 Å². The Morgan fingerprint density at radius 2 is 1.70 bits per heavy atom. The van der Waals surface area contributed by atoms with Crippen molar-refractivity contribution in [2.45, 2.75) is 32.2 Å². The fourth-order valence-corrected chi connectivity index (χ4v) is 3.39. The Morgan fingerprint density at radius 1 is 1.03 bits per heavy atom. The maximum absolute atomic E-state index is 13.8. The van der Waals surface area contributed by atoms with E-state index < -0.39 is 28.9 Å². The first-order valence-electron chi connectivity index (χ1n) is 9.83. The molecule has 0 unspecified atom stereocenters. The summed E-state index contributed by atoms with van der Waals surface area (Å²) in [5.74, 6) is -4.58. The summed E-state index contributed by atoms with van der Waals surface area (Å²) in [6, 6.07) is 8.71. The first kappa shape index (κ1) is 21.7. The quantitative estimate of drug-likeness (QED) is 0.729. The van der Waals surface area contributed by atoms with Crippen molar-refractivity contribution in [3.8, 4) is 5.75 Å². The fourth-order valence-electron chi connectivity index (χ4n) is 3.39. The smallest absolute Gasteiger partial charge is 0.254 e. The number of nitrogens with zero attached hydrogens (tertiary/aromatic N) is 1. The summed E-state index contributed by atoms with van der Waals surface area (Å²) in [4.78, 5) is 26.4. The minimum atomic E-state index is -1.67. The van der Waals surface area contributed by atoms with Crippen molar-refractivity contribution >= 4 is 11.8 Å². The summed E-state index contributed by atoms with van der Waals surface area (Å²) >= 11 is 0. The predicted octanol–water partition coefficient (Wildman–Crippen LogP) is 3.47. The number of ether oxygens (including phenoxy) is 1. The number of rotatable bonds is 6. The van der Waals surface area contributed by atoms with Crippen LogP contribution in [0, 0.1) is 17.5 Å². The van der Waals surface area contributed by atoms with Crippen LogP contribution in [-0.2, 0) is 11.2 Å². The Kier molecular flexibility index (Phi) is 6.97. The van der Waals surface area contributed by atoms with E-state index in [0.29, 0.717) is 32.5 Å². The van der Waals surface area contributed by atoms with E-state index in [9.17, 15) is 22.8 Å². The molecule has 1 N–H and O–H groups in total. The van der Waals surface area contributed by atoms with Gasteiger partial charge in [-0.2, -0.15) is 0 Å². The lowest BCUT2D eigenvalue weighted by atomic mass is 10.0. The minimum absolute atomic E-state index is 0.0180. The van der Waals surface area contributed by atoms with Crippen LogP contribution in [0.1, 0.15) is 35.7 Å². The average molecular weight is 420 g/mol. The van der Waals surface area contributed by atoms with Gasteiger partial charge in [-0.25, -0.2) is 13.2 Å². The number of hydrogen-bond donors (Lipinski definition) is 1. The zero-order chi connectivity index (χ0) is 21.7. The second-order valence-corrected chi connectivity index (χ2v) is 7.11. The maximum atomic E-state index is 13.8. The Bertz CT molecular complexity index is 911. The Morgan fingerprint density at radius 3 is 2.33 bits per heavy atom. The number of nitrogens with one attached hydrogen (secondary N) is 1. The molecule has 1 heterocycles. The van der Waals surface area contributed by atoms with Crippen molar-refractivity contribution in [1.29, 1.82) is 0 Å². The highest BCUT2D eigenvalue weighted by Crippen LogP contribution is 2.18. The van der Waals surface area contributed by atoms with Gasteiger partial charge in [-0.1, -0.05) is 12.1 Å². The van der Waals surface area contributed by atoms with E-state index in [0.717, 1.165) is 23.4 Å². The van der Waals surface area contributed by atoms with Crippen LogP contribution in [0.3, 0.4) is 0 Å². The normalized spacial score (nSPS) is 14.5. The average Bonchev–Trinajstić information content (AvgIpc) is 2.74. The number of likely N-dealkylation sites (tertiary alicyclic amines) is 1. The molecule has 5 nitrogen and oxygen atoms in total. The standard InChI is InChI=1S/C22H23F3N2O3/c1-2-30-16-5-3-14(4-6-16)13-19(28)27-11-9-15(10-12-27)26-22(29)17-7-8-18(23)21(25)20(17)24/h3-8,15H,2,9-13H2,1H3,(H,26,29). The van der Waals surface area contributed by atoms with Gasteiger partial charge in [0, 0.05) is 19.1 Å². The van der Waals surface area contributed by atoms with Crippen LogP contribution in [0.15, 0.2) is 36.4 Å². The monoisotopic (exact) mass is 420 g/mol. The Labute approximate surface area is 172 Å². The molecule has 1 aliphatic rings. The predicted molar refractivity (Wildman–Crippen MR) is 105 cm³/mol. The molecule has 0 aliphatic carbocycles. The van der Waals surface area contributed by atoms with Gasteiger partial charge in [0.25, 0.3) is 5.91 Å². The van der Waals surface area contributed by atoms with Crippen LogP contribution < -0.4 is 10.1 Å². The van der Waals surface area contributed by atoms with Gasteiger partial charge in [-0.15, -0.1) is 0 Å². The molecule has 0 saturated carbocycles. The topological polar surface area (TPSA) is 58.6 Å². The van der Waals surface area contributed by atoms with E-state index in [1.807, 2.05) is 31.2 Å². The third-order valence-electron chi connectivity index (χ3n) is 5.05. The molecule has 2 amide bonds. The summed E-state index contributed by atoms with van der Waals surface area (Å²) in [7, 11) is 0. The van der Waals surface area contributed by atoms with Crippen LogP contribution in [-0.4, -0.2) is 42.5 Å². The SMILES string of the molecule is CCOc1ccc(CC(=O)N2CCC(NC(=O)c3ccc(F)c(F)c3F)CC2)cc1. The molecule has 0 radical (unpaired) electrons. The van der Waals surface area contributed by atoms with Crippen LogP contribution in [0.25, 0.3) is 0 Å². The molecular weight excluding hydrogens is 397 g/mol. The van der Waals surface area contributed by atoms with E-state index in [4.69, 9.17) is 4.74 Å². The minimum Gasteiger partial charge on any atom is -0.494 e. The molecule has 0 atom stereocenters. The first-order chi connectivity index (χ1) is 14.4. The Hall–Kier alpha value is -3.03. The second-order valence-electron chi connectivity index (χ2n) is 7.11. The second kappa shape index (κ2) is 9.65. The van der Waals surface area contributed by atoms with Gasteiger partial charge in [0.15, 0.2) is 17.5 Å². The molecule has 1 saturated heterocycles. The number of hydrogen-bond acceptors (Lipinski definition) is 3. The van der Waals surface area contributed by atoms with Crippen molar-refractivity contribution < 1.29 is 27.5 Å². The molecule has 0 bridgehead atoms. The van der Waals surface area contributed by atoms with E-state index >= 15 is 0 Å².